The zero-order chi connectivity index (χ0) is 9.68. The SMILES string of the molecule is [NH3+]C(CCC(=O)O)c1ccccc1. The van der Waals surface area contributed by atoms with Crippen LogP contribution >= 0.6 is 0 Å². The molecule has 0 radical (unpaired) electrons. The quantitative estimate of drug-likeness (QED) is 0.721. The fraction of sp³-hybridized carbons (Fsp3) is 0.300. The Morgan fingerprint density at radius 1 is 1.38 bits per heavy atom. The molecule has 0 aliphatic heterocycles. The highest BCUT2D eigenvalue weighted by molar-refractivity contribution is 5.66. The molecule has 0 spiro atoms. The van der Waals surface area contributed by atoms with E-state index in [4.69, 9.17) is 5.11 Å². The van der Waals surface area contributed by atoms with Crippen LogP contribution in [-0.4, -0.2) is 11.1 Å². The first-order valence-electron chi connectivity index (χ1n) is 4.30. The first-order valence-corrected chi connectivity index (χ1v) is 4.30. The molecule has 1 aromatic carbocycles. The molecular weight excluding hydrogens is 166 g/mol. The summed E-state index contributed by atoms with van der Waals surface area (Å²) in [6.45, 7) is 0. The number of rotatable bonds is 4. The Morgan fingerprint density at radius 3 is 2.54 bits per heavy atom. The lowest BCUT2D eigenvalue weighted by atomic mass is 10.0. The molecule has 13 heavy (non-hydrogen) atoms. The molecule has 3 nitrogen and oxygen atoms in total. The number of benzene rings is 1. The van der Waals surface area contributed by atoms with E-state index >= 15 is 0 Å². The fourth-order valence-electron chi connectivity index (χ4n) is 1.19. The normalized spacial score (nSPS) is 12.4. The lowest BCUT2D eigenvalue weighted by molar-refractivity contribution is -0.427. The molecule has 1 aromatic rings. The molecule has 1 atom stereocenters. The number of carbonyl (C=O) groups is 1. The lowest BCUT2D eigenvalue weighted by Crippen LogP contribution is -2.53. The highest BCUT2D eigenvalue weighted by Gasteiger charge is 2.10. The van der Waals surface area contributed by atoms with Gasteiger partial charge in [0.2, 0.25) is 0 Å². The molecule has 0 aliphatic rings. The minimum absolute atomic E-state index is 0.0808. The maximum atomic E-state index is 10.3. The summed E-state index contributed by atoms with van der Waals surface area (Å²) >= 11 is 0. The third-order valence-electron chi connectivity index (χ3n) is 1.98. The van der Waals surface area contributed by atoms with E-state index in [1.54, 1.807) is 0 Å². The van der Waals surface area contributed by atoms with Gasteiger partial charge in [-0.15, -0.1) is 0 Å². The Balaban J connectivity index is 2.49. The molecule has 0 aromatic heterocycles. The van der Waals surface area contributed by atoms with Crippen molar-refractivity contribution in [3.05, 3.63) is 35.9 Å². The van der Waals surface area contributed by atoms with Gasteiger partial charge in [-0.1, -0.05) is 30.3 Å². The summed E-state index contributed by atoms with van der Waals surface area (Å²) in [6, 6.07) is 9.84. The van der Waals surface area contributed by atoms with Crippen LogP contribution in [0.3, 0.4) is 0 Å². The van der Waals surface area contributed by atoms with Gasteiger partial charge in [0.05, 0.1) is 6.42 Å². The second-order valence-corrected chi connectivity index (χ2v) is 3.04. The second-order valence-electron chi connectivity index (χ2n) is 3.04. The molecule has 0 saturated heterocycles. The zero-order valence-electron chi connectivity index (χ0n) is 7.44. The van der Waals surface area contributed by atoms with Crippen molar-refractivity contribution in [1.82, 2.24) is 0 Å². The molecule has 3 heteroatoms. The van der Waals surface area contributed by atoms with Crippen molar-refractivity contribution in [3.63, 3.8) is 0 Å². The van der Waals surface area contributed by atoms with E-state index in [1.807, 2.05) is 30.3 Å². The summed E-state index contributed by atoms with van der Waals surface area (Å²) in [4.78, 5) is 10.3. The van der Waals surface area contributed by atoms with Crippen LogP contribution < -0.4 is 5.73 Å². The summed E-state index contributed by atoms with van der Waals surface area (Å²) in [5.74, 6) is -0.760. The Labute approximate surface area is 77.2 Å². The van der Waals surface area contributed by atoms with Gasteiger partial charge in [-0.2, -0.15) is 0 Å². The molecule has 70 valence electrons. The molecule has 1 unspecified atom stereocenters. The molecule has 4 N–H and O–H groups in total. The van der Waals surface area contributed by atoms with E-state index in [0.29, 0.717) is 6.42 Å². The van der Waals surface area contributed by atoms with Crippen LogP contribution in [-0.2, 0) is 4.79 Å². The van der Waals surface area contributed by atoms with Gasteiger partial charge in [0.15, 0.2) is 0 Å². The van der Waals surface area contributed by atoms with Crippen LogP contribution in [0, 0.1) is 0 Å². The van der Waals surface area contributed by atoms with Gasteiger partial charge in [-0.25, -0.2) is 0 Å². The van der Waals surface area contributed by atoms with Crippen LogP contribution in [0.4, 0.5) is 0 Å². The third-order valence-corrected chi connectivity index (χ3v) is 1.98. The average Bonchev–Trinajstić information content (AvgIpc) is 2.15. The number of hydrogen-bond donors (Lipinski definition) is 2. The smallest absolute Gasteiger partial charge is 0.303 e. The van der Waals surface area contributed by atoms with E-state index in [-0.39, 0.29) is 12.5 Å². The maximum Gasteiger partial charge on any atom is 0.303 e. The average molecular weight is 180 g/mol. The molecule has 0 amide bonds. The fourth-order valence-corrected chi connectivity index (χ4v) is 1.19. The highest BCUT2D eigenvalue weighted by Crippen LogP contribution is 2.12. The zero-order valence-corrected chi connectivity index (χ0v) is 7.44. The van der Waals surface area contributed by atoms with Crippen LogP contribution in [0.25, 0.3) is 0 Å². The standard InChI is InChI=1S/C10H13NO2/c11-9(6-7-10(12)13)8-4-2-1-3-5-8/h1-5,9H,6-7,11H2,(H,12,13)/p+1. The van der Waals surface area contributed by atoms with Crippen LogP contribution in [0.2, 0.25) is 0 Å². The maximum absolute atomic E-state index is 10.3. The molecule has 0 bridgehead atoms. The number of aliphatic carboxylic acids is 1. The van der Waals surface area contributed by atoms with E-state index in [1.165, 1.54) is 0 Å². The van der Waals surface area contributed by atoms with Crippen molar-refractivity contribution in [3.8, 4) is 0 Å². The van der Waals surface area contributed by atoms with Crippen LogP contribution in [0.5, 0.6) is 0 Å². The summed E-state index contributed by atoms with van der Waals surface area (Å²) in [5.41, 5.74) is 5.02. The summed E-state index contributed by atoms with van der Waals surface area (Å²) < 4.78 is 0. The minimum atomic E-state index is -0.760. The Hall–Kier alpha value is -1.35. The summed E-state index contributed by atoms with van der Waals surface area (Å²) in [5, 5.41) is 8.48. The number of carboxylic acid groups (broad SMARTS) is 1. The van der Waals surface area contributed by atoms with Crippen molar-refractivity contribution in [2.24, 2.45) is 0 Å². The van der Waals surface area contributed by atoms with Crippen molar-refractivity contribution in [1.29, 1.82) is 0 Å². The molecule has 0 saturated carbocycles. The van der Waals surface area contributed by atoms with Crippen molar-refractivity contribution in [2.45, 2.75) is 18.9 Å². The van der Waals surface area contributed by atoms with Gasteiger partial charge < -0.3 is 10.8 Å². The number of carboxylic acids is 1. The molecule has 0 heterocycles. The topological polar surface area (TPSA) is 64.9 Å². The minimum Gasteiger partial charge on any atom is -0.481 e. The van der Waals surface area contributed by atoms with Gasteiger partial charge in [-0.05, 0) is 0 Å². The Bertz CT molecular complexity index is 272. The van der Waals surface area contributed by atoms with Crippen molar-refractivity contribution in [2.75, 3.05) is 0 Å². The van der Waals surface area contributed by atoms with Gasteiger partial charge in [0, 0.05) is 12.0 Å². The molecular formula is C10H14NO2+. The molecule has 0 aliphatic carbocycles. The van der Waals surface area contributed by atoms with E-state index in [0.717, 1.165) is 5.56 Å². The van der Waals surface area contributed by atoms with E-state index in [2.05, 4.69) is 5.73 Å². The van der Waals surface area contributed by atoms with Gasteiger partial charge in [0.25, 0.3) is 0 Å². The van der Waals surface area contributed by atoms with E-state index < -0.39 is 5.97 Å². The first kappa shape index (κ1) is 9.74. The number of quaternary nitrogens is 1. The summed E-state index contributed by atoms with van der Waals surface area (Å²) in [7, 11) is 0. The lowest BCUT2D eigenvalue weighted by Gasteiger charge is -2.06. The van der Waals surface area contributed by atoms with Gasteiger partial charge in [-0.3, -0.25) is 4.79 Å². The monoisotopic (exact) mass is 180 g/mol. The largest absolute Gasteiger partial charge is 0.481 e. The molecule has 1 rings (SSSR count). The Morgan fingerprint density at radius 2 is 2.00 bits per heavy atom. The van der Waals surface area contributed by atoms with Crippen molar-refractivity contribution >= 4 is 5.97 Å². The highest BCUT2D eigenvalue weighted by atomic mass is 16.4. The third kappa shape index (κ3) is 3.25. The molecule has 0 fully saturated rings. The van der Waals surface area contributed by atoms with Crippen LogP contribution in [0.1, 0.15) is 24.4 Å². The van der Waals surface area contributed by atoms with Crippen molar-refractivity contribution < 1.29 is 15.6 Å². The number of hydrogen-bond acceptors (Lipinski definition) is 1. The van der Waals surface area contributed by atoms with E-state index in [9.17, 15) is 4.79 Å². The summed E-state index contributed by atoms with van der Waals surface area (Å²) in [6.07, 6.45) is 0.780. The van der Waals surface area contributed by atoms with Gasteiger partial charge >= 0.3 is 5.97 Å². The predicted molar refractivity (Wildman–Crippen MR) is 48.9 cm³/mol. The predicted octanol–water partition coefficient (Wildman–Crippen LogP) is 0.834. The second kappa shape index (κ2) is 4.62. The van der Waals surface area contributed by atoms with Crippen LogP contribution in [0.15, 0.2) is 30.3 Å². The first-order chi connectivity index (χ1) is 6.20. The van der Waals surface area contributed by atoms with Gasteiger partial charge in [0.1, 0.15) is 6.04 Å². The Kier molecular flexibility index (Phi) is 3.46.